The van der Waals surface area contributed by atoms with E-state index in [1.54, 1.807) is 72.8 Å². The Morgan fingerprint density at radius 2 is 1.76 bits per heavy atom. The van der Waals surface area contributed by atoms with Crippen molar-refractivity contribution in [2.45, 2.75) is 45.6 Å². The normalized spacial score (nSPS) is 13.7. The second-order valence-corrected chi connectivity index (χ2v) is 15.7. The van der Waals surface area contributed by atoms with Crippen LogP contribution >= 0.6 is 11.6 Å². The van der Waals surface area contributed by atoms with Crippen LogP contribution in [0.5, 0.6) is 5.75 Å². The Morgan fingerprint density at radius 3 is 2.49 bits per heavy atom. The lowest BCUT2D eigenvalue weighted by Crippen LogP contribution is -2.43. The van der Waals surface area contributed by atoms with Crippen molar-refractivity contribution in [2.75, 3.05) is 49.3 Å². The Kier molecular flexibility index (Phi) is 11.2. The number of pyridine rings is 1. The average molecular weight is 823 g/mol. The van der Waals surface area contributed by atoms with E-state index in [2.05, 4.69) is 10.3 Å². The number of alkyl halides is 1. The number of ether oxygens (including phenoxy) is 2. The smallest absolute Gasteiger partial charge is 0.415 e. The average Bonchev–Trinajstić information content (AvgIpc) is 3.92. The number of hydrogen-bond acceptors (Lipinski definition) is 9. The predicted molar refractivity (Wildman–Crippen MR) is 222 cm³/mol. The van der Waals surface area contributed by atoms with Gasteiger partial charge in [-0.25, -0.2) is 14.6 Å². The van der Waals surface area contributed by atoms with Crippen LogP contribution in [0.1, 0.15) is 65.3 Å². The zero-order valence-electron chi connectivity index (χ0n) is 33.2. The molecule has 0 unspecified atom stereocenters. The molecule has 7 rings (SSSR count). The molecule has 4 amide bonds. The molecular formula is C43H43ClN6O9. The third-order valence-electron chi connectivity index (χ3n) is 9.92. The van der Waals surface area contributed by atoms with Gasteiger partial charge in [0.05, 0.1) is 17.8 Å². The fourth-order valence-electron chi connectivity index (χ4n) is 7.07. The number of nitrogens with zero attached hydrogens (tertiary/aromatic N) is 5. The number of anilines is 2. The summed E-state index contributed by atoms with van der Waals surface area (Å²) in [7, 11) is 1.52. The van der Waals surface area contributed by atoms with Crippen molar-refractivity contribution in [3.63, 3.8) is 0 Å². The number of rotatable bonds is 11. The van der Waals surface area contributed by atoms with Crippen LogP contribution in [0.3, 0.4) is 0 Å². The number of likely N-dealkylation sites (N-methyl/N-ethyl adjacent to an activating group) is 1. The Hall–Kier alpha value is -6.61. The highest BCUT2D eigenvalue weighted by atomic mass is 35.5. The maximum absolute atomic E-state index is 14.4. The summed E-state index contributed by atoms with van der Waals surface area (Å²) in [5, 5.41) is 14.5. The minimum atomic E-state index is -1.11. The number of halogens is 1. The number of aryl methyl sites for hydroxylation is 1. The number of carbonyl (C=O) groups is 5. The zero-order valence-corrected chi connectivity index (χ0v) is 33.9. The van der Waals surface area contributed by atoms with Crippen molar-refractivity contribution in [3.8, 4) is 5.75 Å². The quantitative estimate of drug-likeness (QED) is 0.122. The number of furan rings is 1. The molecule has 0 spiro atoms. The van der Waals surface area contributed by atoms with Crippen molar-refractivity contribution in [1.29, 1.82) is 0 Å². The lowest BCUT2D eigenvalue weighted by atomic mass is 9.92. The van der Waals surface area contributed by atoms with Gasteiger partial charge in [-0.15, -0.1) is 11.6 Å². The molecule has 1 atom stereocenters. The summed E-state index contributed by atoms with van der Waals surface area (Å²) in [6.07, 6.45) is 1.43. The third kappa shape index (κ3) is 8.65. The Balaban J connectivity index is 1.16. The third-order valence-corrected chi connectivity index (χ3v) is 10.3. The molecule has 2 N–H and O–H groups in total. The van der Waals surface area contributed by atoms with E-state index in [0.29, 0.717) is 28.0 Å². The molecule has 0 aliphatic carbocycles. The zero-order chi connectivity index (χ0) is 42.2. The Labute approximate surface area is 344 Å². The van der Waals surface area contributed by atoms with Crippen molar-refractivity contribution in [1.82, 2.24) is 19.2 Å². The number of fused-ring (bicyclic) bond motifs is 5. The number of benzene rings is 3. The fraction of sp³-hybridized carbons (Fsp3) is 0.302. The highest BCUT2D eigenvalue weighted by Crippen LogP contribution is 2.47. The van der Waals surface area contributed by atoms with Crippen molar-refractivity contribution in [2.24, 2.45) is 0 Å². The minimum absolute atomic E-state index is 0.0398. The van der Waals surface area contributed by atoms with Gasteiger partial charge in [-0.3, -0.25) is 14.4 Å². The van der Waals surface area contributed by atoms with Crippen molar-refractivity contribution >= 4 is 80.3 Å². The molecular weight excluding hydrogens is 780 g/mol. The van der Waals surface area contributed by atoms with Gasteiger partial charge >= 0.3 is 18.2 Å². The molecule has 1 aliphatic rings. The standard InChI is InChI=1S/C43H43ClN6O9/c1-25-9-8-11-29-33(58-42(56)48(16-15-36(51)52)18-17-47(5)41(55)59-43(2,3)4)20-31-38(37(25)29)27(21-44)22-50(31)40(54)30-24-49-23-28(13-14-35(49)46-30)45-39(53)34-19-26-10-6-7-12-32(26)57-34/h6-14,19-20,23-24,27H,15-18,21-22H2,1-5H3,(H,45,53)(H,51,52)/t27-/m1/s1. The Morgan fingerprint density at radius 1 is 0.983 bits per heavy atom. The second-order valence-electron chi connectivity index (χ2n) is 15.4. The van der Waals surface area contributed by atoms with E-state index >= 15 is 0 Å². The van der Waals surface area contributed by atoms with Gasteiger partial charge in [-0.05, 0) is 68.5 Å². The minimum Gasteiger partial charge on any atom is -0.481 e. The summed E-state index contributed by atoms with van der Waals surface area (Å²) < 4.78 is 18.8. The number of para-hydroxylation sites is 1. The monoisotopic (exact) mass is 822 g/mol. The van der Waals surface area contributed by atoms with Gasteiger partial charge in [-0.2, -0.15) is 0 Å². The van der Waals surface area contributed by atoms with Crippen LogP contribution in [-0.4, -0.2) is 99.0 Å². The van der Waals surface area contributed by atoms with E-state index in [1.807, 2.05) is 43.3 Å². The summed E-state index contributed by atoms with van der Waals surface area (Å²) in [6, 6.07) is 19.5. The van der Waals surface area contributed by atoms with Crippen molar-refractivity contribution in [3.05, 3.63) is 102 Å². The maximum Gasteiger partial charge on any atom is 0.415 e. The second kappa shape index (κ2) is 16.3. The van der Waals surface area contributed by atoms with Crippen LogP contribution in [0.15, 0.2) is 83.5 Å². The van der Waals surface area contributed by atoms with E-state index in [9.17, 15) is 29.1 Å². The molecule has 0 fully saturated rings. The van der Waals surface area contributed by atoms with Crippen LogP contribution in [0.4, 0.5) is 21.0 Å². The summed E-state index contributed by atoms with van der Waals surface area (Å²) in [6.45, 7) is 7.19. The number of hydrogen-bond donors (Lipinski definition) is 2. The molecule has 0 saturated heterocycles. The van der Waals surface area contributed by atoms with Crippen LogP contribution in [0.2, 0.25) is 0 Å². The first kappa shape index (κ1) is 40.6. The van der Waals surface area contributed by atoms with E-state index in [4.69, 9.17) is 25.5 Å². The first-order valence-electron chi connectivity index (χ1n) is 19.0. The summed E-state index contributed by atoms with van der Waals surface area (Å²) >= 11 is 6.56. The molecule has 0 radical (unpaired) electrons. The summed E-state index contributed by atoms with van der Waals surface area (Å²) in [4.78, 5) is 74.2. The number of carbonyl (C=O) groups excluding carboxylic acids is 4. The van der Waals surface area contributed by atoms with Gasteiger partial charge in [0.25, 0.3) is 11.8 Å². The van der Waals surface area contributed by atoms with Gasteiger partial charge in [0.2, 0.25) is 0 Å². The molecule has 6 aromatic rings. The molecule has 59 heavy (non-hydrogen) atoms. The van der Waals surface area contributed by atoms with Crippen LogP contribution in [-0.2, 0) is 9.53 Å². The molecule has 0 saturated carbocycles. The number of aromatic nitrogens is 2. The first-order valence-corrected chi connectivity index (χ1v) is 19.5. The largest absolute Gasteiger partial charge is 0.481 e. The molecule has 16 heteroatoms. The predicted octanol–water partition coefficient (Wildman–Crippen LogP) is 7.92. The van der Waals surface area contributed by atoms with Crippen LogP contribution in [0, 0.1) is 6.92 Å². The number of nitrogens with one attached hydrogen (secondary N) is 1. The summed E-state index contributed by atoms with van der Waals surface area (Å²) in [5.74, 6) is -1.73. The first-order chi connectivity index (χ1) is 28.1. The molecule has 306 valence electrons. The molecule has 3 aromatic carbocycles. The molecule has 0 bridgehead atoms. The van der Waals surface area contributed by atoms with E-state index in [-0.39, 0.29) is 61.6 Å². The maximum atomic E-state index is 14.4. The van der Waals surface area contributed by atoms with Crippen LogP contribution in [0.25, 0.3) is 27.4 Å². The highest BCUT2D eigenvalue weighted by Gasteiger charge is 2.37. The summed E-state index contributed by atoms with van der Waals surface area (Å²) in [5.41, 5.74) is 3.09. The number of carboxylic acid groups (broad SMARTS) is 1. The van der Waals surface area contributed by atoms with Crippen molar-refractivity contribution < 1.29 is 43.0 Å². The number of imidazole rings is 1. The topological polar surface area (TPSA) is 176 Å². The molecule has 3 aromatic heterocycles. The van der Waals surface area contributed by atoms with Gasteiger partial charge in [0.1, 0.15) is 28.3 Å². The highest BCUT2D eigenvalue weighted by molar-refractivity contribution is 6.19. The number of carboxylic acids is 1. The molecule has 15 nitrogen and oxygen atoms in total. The van der Waals surface area contributed by atoms with Crippen LogP contribution < -0.4 is 15.0 Å². The van der Waals surface area contributed by atoms with Gasteiger partial charge < -0.3 is 43.4 Å². The van der Waals surface area contributed by atoms with E-state index < -0.39 is 35.6 Å². The lowest BCUT2D eigenvalue weighted by molar-refractivity contribution is -0.137. The number of aliphatic carboxylic acids is 1. The molecule has 1 aliphatic heterocycles. The van der Waals surface area contributed by atoms with E-state index in [0.717, 1.165) is 21.9 Å². The fourth-order valence-corrected chi connectivity index (χ4v) is 7.32. The van der Waals surface area contributed by atoms with Gasteiger partial charge in [-0.1, -0.05) is 36.4 Å². The number of amides is 4. The SMILES string of the molecule is Cc1cccc2c(OC(=O)N(CCC(=O)O)CCN(C)C(=O)OC(C)(C)C)cc3c(c12)[C@H](CCl)CN3C(=O)c1cn2cc(NC(=O)c3cc4ccccc4o3)ccc2n1. The molecule has 4 heterocycles. The van der Waals surface area contributed by atoms with E-state index in [1.165, 1.54) is 16.8 Å². The lowest BCUT2D eigenvalue weighted by Gasteiger charge is -2.27. The van der Waals surface area contributed by atoms with Gasteiger partial charge in [0, 0.05) is 74.3 Å². The van der Waals surface area contributed by atoms with Gasteiger partial charge in [0.15, 0.2) is 5.76 Å². The Bertz CT molecular complexity index is 2600.